The highest BCUT2D eigenvalue weighted by Crippen LogP contribution is 2.28. The van der Waals surface area contributed by atoms with E-state index in [-0.39, 0.29) is 23.9 Å². The van der Waals surface area contributed by atoms with E-state index in [0.717, 1.165) is 18.4 Å². The minimum Gasteiger partial charge on any atom is -0.444 e. The number of rotatable bonds is 11. The van der Waals surface area contributed by atoms with Gasteiger partial charge in [-0.1, -0.05) is 44.7 Å². The number of carbonyl (C=O) groups excluding carboxylic acids is 3. The number of ether oxygens (including phenoxy) is 1. The molecule has 0 aromatic heterocycles. The number of alkyl carbamates (subject to hydrolysis) is 1. The Bertz CT molecular complexity index is 873. The lowest BCUT2D eigenvalue weighted by Crippen LogP contribution is -2.55. The third-order valence-corrected chi connectivity index (χ3v) is 5.41. The van der Waals surface area contributed by atoms with E-state index in [0.29, 0.717) is 11.5 Å². The molecule has 1 aromatic rings. The van der Waals surface area contributed by atoms with E-state index in [9.17, 15) is 14.4 Å². The zero-order valence-corrected chi connectivity index (χ0v) is 23.0. The van der Waals surface area contributed by atoms with Crippen molar-refractivity contribution < 1.29 is 19.1 Å². The molecule has 0 aliphatic rings. The van der Waals surface area contributed by atoms with Gasteiger partial charge < -0.3 is 20.3 Å². The summed E-state index contributed by atoms with van der Waals surface area (Å²) in [4.78, 5) is 41.4. The molecule has 0 bridgehead atoms. The number of nitrogens with zero attached hydrogens (tertiary/aromatic N) is 1. The summed E-state index contributed by atoms with van der Waals surface area (Å²) in [5.41, 5.74) is 0.851. The predicted octanol–water partition coefficient (Wildman–Crippen LogP) is 5.46. The van der Waals surface area contributed by atoms with Crippen molar-refractivity contribution in [3.63, 3.8) is 0 Å². The molecule has 2 N–H and O–H groups in total. The molecule has 0 heterocycles. The van der Waals surface area contributed by atoms with Gasteiger partial charge >= 0.3 is 6.09 Å². The van der Waals surface area contributed by atoms with Gasteiger partial charge in [0.25, 0.3) is 0 Å². The Labute approximate surface area is 211 Å². The summed E-state index contributed by atoms with van der Waals surface area (Å²) in [5.74, 6) is -0.172. The van der Waals surface area contributed by atoms with Crippen molar-refractivity contribution >= 4 is 24.0 Å². The monoisotopic (exact) mass is 487 g/mol. The van der Waals surface area contributed by atoms with Gasteiger partial charge in [-0.05, 0) is 84.4 Å². The van der Waals surface area contributed by atoms with Crippen molar-refractivity contribution in [3.05, 3.63) is 42.0 Å². The maximum atomic E-state index is 13.8. The summed E-state index contributed by atoms with van der Waals surface area (Å²) < 4.78 is 5.34. The predicted molar refractivity (Wildman–Crippen MR) is 142 cm³/mol. The Morgan fingerprint density at radius 3 is 2.17 bits per heavy atom. The lowest BCUT2D eigenvalue weighted by Gasteiger charge is -2.38. The Morgan fingerprint density at radius 1 is 1.03 bits per heavy atom. The van der Waals surface area contributed by atoms with Crippen LogP contribution in [0.3, 0.4) is 0 Å². The molecule has 7 heteroatoms. The lowest BCUT2D eigenvalue weighted by atomic mass is 9.96. The first-order valence-corrected chi connectivity index (χ1v) is 12.5. The summed E-state index contributed by atoms with van der Waals surface area (Å²) in [5, 5.41) is 5.62. The van der Waals surface area contributed by atoms with Crippen molar-refractivity contribution in [2.75, 3.05) is 0 Å². The fourth-order valence-corrected chi connectivity index (χ4v) is 3.74. The second kappa shape index (κ2) is 13.3. The highest BCUT2D eigenvalue weighted by atomic mass is 16.6. The summed E-state index contributed by atoms with van der Waals surface area (Å²) in [7, 11) is 0. The number of nitrogens with one attached hydrogen (secondary N) is 2. The van der Waals surface area contributed by atoms with Crippen molar-refractivity contribution in [1.82, 2.24) is 15.5 Å². The number of amides is 3. The molecule has 196 valence electrons. The molecule has 3 amide bonds. The highest BCUT2D eigenvalue weighted by Gasteiger charge is 2.37. The van der Waals surface area contributed by atoms with Crippen LogP contribution in [0.2, 0.25) is 0 Å². The fraction of sp³-hybridized carbons (Fsp3) is 0.607. The third kappa shape index (κ3) is 10.1. The molecule has 0 spiro atoms. The SMILES string of the molecule is C=Cc1cccc(C(C(=O)NC(C)C)N(C(=O)C(C)NC(=O)OC(C)(C)C)C(C)CCC(C)C)c1. The van der Waals surface area contributed by atoms with Crippen LogP contribution in [-0.4, -0.2) is 46.5 Å². The van der Waals surface area contributed by atoms with Gasteiger partial charge in [-0.2, -0.15) is 0 Å². The maximum absolute atomic E-state index is 13.8. The van der Waals surface area contributed by atoms with Gasteiger partial charge in [0.15, 0.2) is 0 Å². The molecule has 35 heavy (non-hydrogen) atoms. The second-order valence-corrected chi connectivity index (χ2v) is 10.9. The summed E-state index contributed by atoms with van der Waals surface area (Å²) in [6.45, 7) is 20.7. The van der Waals surface area contributed by atoms with Crippen molar-refractivity contribution in [1.29, 1.82) is 0 Å². The molecule has 0 saturated heterocycles. The van der Waals surface area contributed by atoms with Gasteiger partial charge in [0, 0.05) is 12.1 Å². The largest absolute Gasteiger partial charge is 0.444 e. The third-order valence-electron chi connectivity index (χ3n) is 5.41. The maximum Gasteiger partial charge on any atom is 0.408 e. The first kappa shape index (κ1) is 30.2. The number of benzene rings is 1. The van der Waals surface area contributed by atoms with Gasteiger partial charge in [-0.25, -0.2) is 4.79 Å². The summed E-state index contributed by atoms with van der Waals surface area (Å²) >= 11 is 0. The smallest absolute Gasteiger partial charge is 0.408 e. The number of hydrogen-bond acceptors (Lipinski definition) is 4. The van der Waals surface area contributed by atoms with E-state index in [1.54, 1.807) is 38.7 Å². The van der Waals surface area contributed by atoms with Gasteiger partial charge in [0.1, 0.15) is 17.7 Å². The first-order chi connectivity index (χ1) is 16.2. The van der Waals surface area contributed by atoms with Crippen LogP contribution in [0.25, 0.3) is 6.08 Å². The Hall–Kier alpha value is -2.83. The molecule has 0 fully saturated rings. The van der Waals surface area contributed by atoms with Crippen LogP contribution in [0.4, 0.5) is 4.79 Å². The van der Waals surface area contributed by atoms with Gasteiger partial charge in [0.2, 0.25) is 11.8 Å². The van der Waals surface area contributed by atoms with Crippen LogP contribution in [0.15, 0.2) is 30.8 Å². The van der Waals surface area contributed by atoms with E-state index in [2.05, 4.69) is 31.1 Å². The van der Waals surface area contributed by atoms with Gasteiger partial charge in [-0.15, -0.1) is 0 Å². The molecule has 1 aromatic carbocycles. The Balaban J connectivity index is 3.48. The van der Waals surface area contributed by atoms with E-state index in [4.69, 9.17) is 4.74 Å². The number of carbonyl (C=O) groups is 3. The van der Waals surface area contributed by atoms with Crippen LogP contribution in [0, 0.1) is 5.92 Å². The van der Waals surface area contributed by atoms with Crippen molar-refractivity contribution in [2.45, 2.75) is 105 Å². The molecule has 0 saturated carbocycles. The molecule has 0 radical (unpaired) electrons. The Kier molecular flexibility index (Phi) is 11.5. The van der Waals surface area contributed by atoms with Crippen molar-refractivity contribution in [2.24, 2.45) is 5.92 Å². The van der Waals surface area contributed by atoms with E-state index < -0.39 is 23.8 Å². The second-order valence-electron chi connectivity index (χ2n) is 10.9. The molecule has 0 aliphatic heterocycles. The van der Waals surface area contributed by atoms with Crippen LogP contribution in [0.5, 0.6) is 0 Å². The van der Waals surface area contributed by atoms with Crippen LogP contribution >= 0.6 is 0 Å². The van der Waals surface area contributed by atoms with E-state index in [1.807, 2.05) is 45.0 Å². The highest BCUT2D eigenvalue weighted by molar-refractivity contribution is 5.92. The molecule has 1 rings (SSSR count). The zero-order chi connectivity index (χ0) is 26.9. The van der Waals surface area contributed by atoms with Crippen LogP contribution in [-0.2, 0) is 14.3 Å². The Morgan fingerprint density at radius 2 is 1.66 bits per heavy atom. The van der Waals surface area contributed by atoms with E-state index >= 15 is 0 Å². The van der Waals surface area contributed by atoms with Crippen molar-refractivity contribution in [3.8, 4) is 0 Å². The minimum absolute atomic E-state index is 0.104. The van der Waals surface area contributed by atoms with Crippen LogP contribution < -0.4 is 10.6 Å². The molecule has 0 aliphatic carbocycles. The summed E-state index contributed by atoms with van der Waals surface area (Å²) in [6, 6.07) is 5.37. The average molecular weight is 488 g/mol. The molecular formula is C28H45N3O4. The minimum atomic E-state index is -0.886. The van der Waals surface area contributed by atoms with Gasteiger partial charge in [-0.3, -0.25) is 9.59 Å². The number of hydrogen-bond donors (Lipinski definition) is 2. The standard InChI is InChI=1S/C28H45N3O4/c1-11-22-13-12-14-23(17-22)24(25(32)29-19(4)5)31(20(6)16-15-18(2)3)26(33)21(7)30-27(34)35-28(8,9)10/h11-14,17-21,24H,1,15-16H2,2-10H3,(H,29,32)(H,30,34). The fourth-order valence-electron chi connectivity index (χ4n) is 3.74. The molecule has 3 atom stereocenters. The zero-order valence-electron chi connectivity index (χ0n) is 23.0. The quantitative estimate of drug-likeness (QED) is 0.434. The average Bonchev–Trinajstić information content (AvgIpc) is 2.73. The van der Waals surface area contributed by atoms with Crippen LogP contribution in [0.1, 0.15) is 92.3 Å². The molecular weight excluding hydrogens is 442 g/mol. The first-order valence-electron chi connectivity index (χ1n) is 12.5. The molecule has 3 unspecified atom stereocenters. The molecule has 7 nitrogen and oxygen atoms in total. The van der Waals surface area contributed by atoms with Gasteiger partial charge in [0.05, 0.1) is 0 Å². The normalized spacial score (nSPS) is 14.1. The lowest BCUT2D eigenvalue weighted by molar-refractivity contribution is -0.145. The topological polar surface area (TPSA) is 87.7 Å². The summed E-state index contributed by atoms with van der Waals surface area (Å²) in [6.07, 6.45) is 2.64. The van der Waals surface area contributed by atoms with E-state index in [1.165, 1.54) is 0 Å².